The van der Waals surface area contributed by atoms with Crippen LogP contribution in [0.5, 0.6) is 0 Å². The molecule has 0 atom stereocenters. The zero-order valence-corrected chi connectivity index (χ0v) is 19.9. The van der Waals surface area contributed by atoms with Crippen molar-refractivity contribution in [2.45, 2.75) is 43.7 Å². The topological polar surface area (TPSA) is 39.7 Å². The highest BCUT2D eigenvalue weighted by Crippen LogP contribution is 2.47. The predicted molar refractivity (Wildman–Crippen MR) is 132 cm³/mol. The standard InChI is InChI=1S/C24H31FN4.HI/c1-26-23(27-18-24(12-13-24)20-8-5-9-21(25)16-20)28-22-10-14-29(15-11-22)17-19-6-3-2-4-7-19;/h2-9,16,22H,10-15,17-18H2,1H3,(H2,26,27,28);1H. The third-order valence-corrected chi connectivity index (χ3v) is 6.29. The molecule has 162 valence electrons. The van der Waals surface area contributed by atoms with Gasteiger partial charge in [-0.2, -0.15) is 0 Å². The van der Waals surface area contributed by atoms with Crippen molar-refractivity contribution in [1.82, 2.24) is 15.5 Å². The van der Waals surface area contributed by atoms with Crippen LogP contribution in [0.4, 0.5) is 4.39 Å². The molecule has 1 heterocycles. The fourth-order valence-electron chi connectivity index (χ4n) is 4.25. The minimum absolute atomic E-state index is 0. The molecule has 0 spiro atoms. The van der Waals surface area contributed by atoms with Gasteiger partial charge in [0.1, 0.15) is 5.82 Å². The van der Waals surface area contributed by atoms with Crippen LogP contribution in [-0.2, 0) is 12.0 Å². The van der Waals surface area contributed by atoms with E-state index in [0.717, 1.165) is 63.4 Å². The number of halogens is 2. The van der Waals surface area contributed by atoms with Gasteiger partial charge in [-0.05, 0) is 48.9 Å². The average molecular weight is 522 g/mol. The molecule has 0 bridgehead atoms. The van der Waals surface area contributed by atoms with E-state index < -0.39 is 0 Å². The summed E-state index contributed by atoms with van der Waals surface area (Å²) in [6.07, 6.45) is 4.42. The van der Waals surface area contributed by atoms with Crippen LogP contribution in [0.15, 0.2) is 59.6 Å². The van der Waals surface area contributed by atoms with Crippen molar-refractivity contribution in [1.29, 1.82) is 0 Å². The van der Waals surface area contributed by atoms with Crippen LogP contribution < -0.4 is 10.6 Å². The van der Waals surface area contributed by atoms with E-state index in [4.69, 9.17) is 0 Å². The Kier molecular flexibility index (Phi) is 8.11. The Hall–Kier alpha value is -1.67. The lowest BCUT2D eigenvalue weighted by molar-refractivity contribution is 0.198. The summed E-state index contributed by atoms with van der Waals surface area (Å²) < 4.78 is 13.6. The molecular formula is C24H32FIN4. The molecule has 1 saturated heterocycles. The van der Waals surface area contributed by atoms with E-state index >= 15 is 0 Å². The predicted octanol–water partition coefficient (Wildman–Crippen LogP) is 4.30. The molecule has 0 aromatic heterocycles. The number of nitrogens with zero attached hydrogens (tertiary/aromatic N) is 2. The third-order valence-electron chi connectivity index (χ3n) is 6.29. The minimum Gasteiger partial charge on any atom is -0.356 e. The summed E-state index contributed by atoms with van der Waals surface area (Å²) in [6.45, 7) is 4.01. The van der Waals surface area contributed by atoms with E-state index in [1.165, 1.54) is 11.6 Å². The normalized spacial score (nSPS) is 19.1. The lowest BCUT2D eigenvalue weighted by atomic mass is 9.96. The monoisotopic (exact) mass is 522 g/mol. The SMILES string of the molecule is CN=C(NCC1(c2cccc(F)c2)CC1)NC1CCN(Cc2ccccc2)CC1.I. The maximum Gasteiger partial charge on any atom is 0.191 e. The Bertz CT molecular complexity index is 830. The zero-order valence-electron chi connectivity index (χ0n) is 17.6. The summed E-state index contributed by atoms with van der Waals surface area (Å²) in [5.74, 6) is 0.702. The Labute approximate surface area is 196 Å². The summed E-state index contributed by atoms with van der Waals surface area (Å²) in [7, 11) is 1.82. The van der Waals surface area contributed by atoms with Gasteiger partial charge in [-0.3, -0.25) is 9.89 Å². The smallest absolute Gasteiger partial charge is 0.191 e. The van der Waals surface area contributed by atoms with Gasteiger partial charge in [0, 0.05) is 44.7 Å². The van der Waals surface area contributed by atoms with Crippen molar-refractivity contribution in [3.63, 3.8) is 0 Å². The Morgan fingerprint density at radius 2 is 1.83 bits per heavy atom. The van der Waals surface area contributed by atoms with Crippen molar-refractivity contribution in [3.05, 3.63) is 71.5 Å². The highest BCUT2D eigenvalue weighted by Gasteiger charge is 2.44. The van der Waals surface area contributed by atoms with Crippen LogP contribution >= 0.6 is 24.0 Å². The molecule has 0 unspecified atom stereocenters. The van der Waals surface area contributed by atoms with Crippen LogP contribution in [0.3, 0.4) is 0 Å². The first-order valence-electron chi connectivity index (χ1n) is 10.7. The fourth-order valence-corrected chi connectivity index (χ4v) is 4.25. The first-order chi connectivity index (χ1) is 14.2. The number of likely N-dealkylation sites (tertiary alicyclic amines) is 1. The number of hydrogen-bond acceptors (Lipinski definition) is 2. The van der Waals surface area contributed by atoms with Crippen molar-refractivity contribution in [2.24, 2.45) is 4.99 Å². The Balaban J connectivity index is 0.00000256. The Morgan fingerprint density at radius 1 is 1.10 bits per heavy atom. The van der Waals surface area contributed by atoms with Crippen LogP contribution in [-0.4, -0.2) is 43.6 Å². The van der Waals surface area contributed by atoms with Crippen LogP contribution in [0.1, 0.15) is 36.8 Å². The van der Waals surface area contributed by atoms with Crippen molar-refractivity contribution < 1.29 is 4.39 Å². The van der Waals surface area contributed by atoms with E-state index in [0.29, 0.717) is 6.04 Å². The largest absolute Gasteiger partial charge is 0.356 e. The molecule has 30 heavy (non-hydrogen) atoms. The lowest BCUT2D eigenvalue weighted by Gasteiger charge is -2.33. The third kappa shape index (κ3) is 5.94. The molecule has 1 aliphatic carbocycles. The van der Waals surface area contributed by atoms with Crippen LogP contribution in [0, 0.1) is 5.82 Å². The molecule has 0 radical (unpaired) electrons. The molecular weight excluding hydrogens is 490 g/mol. The number of benzene rings is 2. The molecule has 4 rings (SSSR count). The molecule has 1 saturated carbocycles. The van der Waals surface area contributed by atoms with Gasteiger partial charge < -0.3 is 10.6 Å². The van der Waals surface area contributed by atoms with E-state index in [1.807, 2.05) is 13.1 Å². The van der Waals surface area contributed by atoms with E-state index in [9.17, 15) is 4.39 Å². The molecule has 4 nitrogen and oxygen atoms in total. The highest BCUT2D eigenvalue weighted by atomic mass is 127. The molecule has 0 amide bonds. The quantitative estimate of drug-likeness (QED) is 0.338. The molecule has 2 fully saturated rings. The first kappa shape index (κ1) is 23.0. The molecule has 1 aliphatic heterocycles. The molecule has 2 aromatic rings. The van der Waals surface area contributed by atoms with E-state index in [1.54, 1.807) is 12.1 Å². The maximum atomic E-state index is 13.6. The van der Waals surface area contributed by atoms with Gasteiger partial charge in [0.05, 0.1) is 0 Å². The summed E-state index contributed by atoms with van der Waals surface area (Å²) in [5, 5.41) is 7.08. The average Bonchev–Trinajstić information content (AvgIpc) is 3.54. The molecule has 2 aliphatic rings. The molecule has 2 N–H and O–H groups in total. The van der Waals surface area contributed by atoms with E-state index in [2.05, 4.69) is 50.9 Å². The second kappa shape index (κ2) is 10.6. The van der Waals surface area contributed by atoms with Crippen molar-refractivity contribution in [3.8, 4) is 0 Å². The van der Waals surface area contributed by atoms with Gasteiger partial charge in [0.2, 0.25) is 0 Å². The fraction of sp³-hybridized carbons (Fsp3) is 0.458. The number of aliphatic imine (C=N–C) groups is 1. The van der Waals surface area contributed by atoms with Gasteiger partial charge >= 0.3 is 0 Å². The van der Waals surface area contributed by atoms with Crippen molar-refractivity contribution in [2.75, 3.05) is 26.7 Å². The van der Waals surface area contributed by atoms with Gasteiger partial charge in [0.15, 0.2) is 5.96 Å². The van der Waals surface area contributed by atoms with Gasteiger partial charge in [-0.15, -0.1) is 24.0 Å². The van der Waals surface area contributed by atoms with Crippen LogP contribution in [0.25, 0.3) is 0 Å². The second-order valence-corrected chi connectivity index (χ2v) is 8.40. The zero-order chi connectivity index (χ0) is 20.1. The summed E-state index contributed by atoms with van der Waals surface area (Å²) in [5.41, 5.74) is 2.52. The lowest BCUT2D eigenvalue weighted by Crippen LogP contribution is -2.49. The molecule has 2 aromatic carbocycles. The number of rotatable bonds is 6. The van der Waals surface area contributed by atoms with E-state index in [-0.39, 0.29) is 35.2 Å². The van der Waals surface area contributed by atoms with Gasteiger partial charge in [0.25, 0.3) is 0 Å². The number of guanidine groups is 1. The number of piperidine rings is 1. The summed E-state index contributed by atoms with van der Waals surface area (Å²) >= 11 is 0. The number of hydrogen-bond donors (Lipinski definition) is 2. The summed E-state index contributed by atoms with van der Waals surface area (Å²) in [6, 6.07) is 18.1. The van der Waals surface area contributed by atoms with Gasteiger partial charge in [-0.1, -0.05) is 42.5 Å². The van der Waals surface area contributed by atoms with Crippen molar-refractivity contribution >= 4 is 29.9 Å². The second-order valence-electron chi connectivity index (χ2n) is 8.40. The molecule has 6 heteroatoms. The van der Waals surface area contributed by atoms with Gasteiger partial charge in [-0.25, -0.2) is 4.39 Å². The highest BCUT2D eigenvalue weighted by molar-refractivity contribution is 14.0. The van der Waals surface area contributed by atoms with Crippen LogP contribution in [0.2, 0.25) is 0 Å². The first-order valence-corrected chi connectivity index (χ1v) is 10.7. The maximum absolute atomic E-state index is 13.6. The minimum atomic E-state index is -0.154. The Morgan fingerprint density at radius 3 is 2.47 bits per heavy atom. The number of nitrogens with one attached hydrogen (secondary N) is 2. The summed E-state index contributed by atoms with van der Waals surface area (Å²) in [4.78, 5) is 6.94.